The zero-order valence-electron chi connectivity index (χ0n) is 11.1. The molecule has 0 aliphatic rings. The lowest BCUT2D eigenvalue weighted by Gasteiger charge is -2.08. The van der Waals surface area contributed by atoms with Gasteiger partial charge in [0.1, 0.15) is 0 Å². The van der Waals surface area contributed by atoms with Gasteiger partial charge in [0.05, 0.1) is 11.3 Å². The molecule has 4 nitrogen and oxygen atoms in total. The van der Waals surface area contributed by atoms with Crippen molar-refractivity contribution in [3.8, 4) is 0 Å². The highest BCUT2D eigenvalue weighted by atomic mass is 16.1. The topological polar surface area (TPSA) is 68.0 Å². The Morgan fingerprint density at radius 2 is 1.84 bits per heavy atom. The predicted octanol–water partition coefficient (Wildman–Crippen LogP) is 2.21. The first-order valence-corrected chi connectivity index (χ1v) is 6.13. The van der Waals surface area contributed by atoms with Gasteiger partial charge in [-0.15, -0.1) is 0 Å². The van der Waals surface area contributed by atoms with Gasteiger partial charge < -0.3 is 11.1 Å². The van der Waals surface area contributed by atoms with Crippen LogP contribution in [-0.2, 0) is 6.54 Å². The number of aryl methyl sites for hydroxylation is 2. The van der Waals surface area contributed by atoms with Gasteiger partial charge in [0.15, 0.2) is 0 Å². The maximum absolute atomic E-state index is 12.0. The van der Waals surface area contributed by atoms with Crippen LogP contribution in [0.15, 0.2) is 36.4 Å². The van der Waals surface area contributed by atoms with E-state index in [0.717, 1.165) is 17.0 Å². The molecule has 1 heterocycles. The molecule has 1 aromatic heterocycles. The van der Waals surface area contributed by atoms with Crippen molar-refractivity contribution in [1.29, 1.82) is 0 Å². The Kier molecular flexibility index (Phi) is 3.80. The summed E-state index contributed by atoms with van der Waals surface area (Å²) in [5, 5.41) is 2.88. The number of carbonyl (C=O) groups excluding carboxylic acids is 1. The fraction of sp³-hybridized carbons (Fsp3) is 0.200. The highest BCUT2D eigenvalue weighted by Crippen LogP contribution is 2.08. The molecular formula is C15H17N3O. The average Bonchev–Trinajstić information content (AvgIpc) is 2.37. The van der Waals surface area contributed by atoms with Crippen LogP contribution in [0.1, 0.15) is 27.3 Å². The minimum Gasteiger partial charge on any atom is -0.399 e. The van der Waals surface area contributed by atoms with Gasteiger partial charge in [-0.25, -0.2) is 0 Å². The number of nitrogen functional groups attached to an aromatic ring is 1. The standard InChI is InChI=1S/C15H17N3O/c1-10-3-8-14(11(2)18-10)15(19)17-9-12-4-6-13(16)7-5-12/h3-8H,9,16H2,1-2H3,(H,17,19). The van der Waals surface area contributed by atoms with Gasteiger partial charge in [0.2, 0.25) is 0 Å². The number of benzene rings is 1. The van der Waals surface area contributed by atoms with E-state index in [1.54, 1.807) is 6.07 Å². The van der Waals surface area contributed by atoms with Crippen LogP contribution in [0, 0.1) is 13.8 Å². The van der Waals surface area contributed by atoms with E-state index in [9.17, 15) is 4.79 Å². The first kappa shape index (κ1) is 13.1. The Bertz CT molecular complexity index is 591. The lowest BCUT2D eigenvalue weighted by molar-refractivity contribution is 0.0950. The summed E-state index contributed by atoms with van der Waals surface area (Å²) in [4.78, 5) is 16.3. The molecular weight excluding hydrogens is 238 g/mol. The molecule has 19 heavy (non-hydrogen) atoms. The molecule has 1 aromatic carbocycles. The Balaban J connectivity index is 2.03. The van der Waals surface area contributed by atoms with Gasteiger partial charge in [-0.2, -0.15) is 0 Å². The Morgan fingerprint density at radius 1 is 1.16 bits per heavy atom. The van der Waals surface area contributed by atoms with Crippen molar-refractivity contribution >= 4 is 11.6 Å². The summed E-state index contributed by atoms with van der Waals surface area (Å²) >= 11 is 0. The van der Waals surface area contributed by atoms with Crippen molar-refractivity contribution in [1.82, 2.24) is 10.3 Å². The van der Waals surface area contributed by atoms with Crippen LogP contribution in [0.4, 0.5) is 5.69 Å². The molecule has 98 valence electrons. The number of hydrogen-bond donors (Lipinski definition) is 2. The van der Waals surface area contributed by atoms with Crippen molar-refractivity contribution < 1.29 is 4.79 Å². The number of amides is 1. The van der Waals surface area contributed by atoms with Crippen molar-refractivity contribution in [3.63, 3.8) is 0 Å². The summed E-state index contributed by atoms with van der Waals surface area (Å²) in [6, 6.07) is 11.1. The number of anilines is 1. The normalized spacial score (nSPS) is 10.2. The molecule has 0 aliphatic carbocycles. The van der Waals surface area contributed by atoms with E-state index in [2.05, 4.69) is 10.3 Å². The summed E-state index contributed by atoms with van der Waals surface area (Å²) < 4.78 is 0. The molecule has 0 atom stereocenters. The molecule has 4 heteroatoms. The number of rotatable bonds is 3. The number of pyridine rings is 1. The third-order valence-electron chi connectivity index (χ3n) is 2.90. The number of hydrogen-bond acceptors (Lipinski definition) is 3. The van der Waals surface area contributed by atoms with E-state index in [4.69, 9.17) is 5.73 Å². The summed E-state index contributed by atoms with van der Waals surface area (Å²) in [5.74, 6) is -0.109. The van der Waals surface area contributed by atoms with E-state index in [1.807, 2.05) is 44.2 Å². The molecule has 0 bridgehead atoms. The first-order valence-electron chi connectivity index (χ1n) is 6.13. The van der Waals surface area contributed by atoms with Crippen LogP contribution in [-0.4, -0.2) is 10.9 Å². The predicted molar refractivity (Wildman–Crippen MR) is 75.7 cm³/mol. The molecule has 0 saturated heterocycles. The number of aromatic nitrogens is 1. The lowest BCUT2D eigenvalue weighted by atomic mass is 10.1. The molecule has 0 radical (unpaired) electrons. The molecule has 1 amide bonds. The summed E-state index contributed by atoms with van der Waals surface area (Å²) in [6.07, 6.45) is 0. The van der Waals surface area contributed by atoms with Crippen LogP contribution in [0.3, 0.4) is 0 Å². The maximum atomic E-state index is 12.0. The minimum absolute atomic E-state index is 0.109. The first-order chi connectivity index (χ1) is 9.06. The van der Waals surface area contributed by atoms with Crippen LogP contribution < -0.4 is 11.1 Å². The molecule has 0 saturated carbocycles. The molecule has 0 fully saturated rings. The van der Waals surface area contributed by atoms with Crippen LogP contribution >= 0.6 is 0 Å². The average molecular weight is 255 g/mol. The SMILES string of the molecule is Cc1ccc(C(=O)NCc2ccc(N)cc2)c(C)n1. The van der Waals surface area contributed by atoms with Gasteiger partial charge in [0.25, 0.3) is 5.91 Å². The molecule has 3 N–H and O–H groups in total. The van der Waals surface area contributed by atoms with Crippen molar-refractivity contribution in [3.05, 3.63) is 58.9 Å². The molecule has 2 rings (SSSR count). The Labute approximate surface area is 112 Å². The third-order valence-corrected chi connectivity index (χ3v) is 2.90. The largest absolute Gasteiger partial charge is 0.399 e. The van der Waals surface area contributed by atoms with E-state index >= 15 is 0 Å². The van der Waals surface area contributed by atoms with Gasteiger partial charge in [-0.05, 0) is 43.7 Å². The van der Waals surface area contributed by atoms with Gasteiger partial charge in [-0.1, -0.05) is 12.1 Å². The number of nitrogens with zero attached hydrogens (tertiary/aromatic N) is 1. The molecule has 0 aliphatic heterocycles. The minimum atomic E-state index is -0.109. The van der Waals surface area contributed by atoms with Crippen LogP contribution in [0.25, 0.3) is 0 Å². The summed E-state index contributed by atoms with van der Waals surface area (Å²) in [6.45, 7) is 4.22. The lowest BCUT2D eigenvalue weighted by Crippen LogP contribution is -2.24. The highest BCUT2D eigenvalue weighted by molar-refractivity contribution is 5.95. The Hall–Kier alpha value is -2.36. The van der Waals surface area contributed by atoms with Crippen molar-refractivity contribution in [2.75, 3.05) is 5.73 Å². The van der Waals surface area contributed by atoms with Crippen molar-refractivity contribution in [2.24, 2.45) is 0 Å². The molecule has 0 spiro atoms. The zero-order chi connectivity index (χ0) is 13.8. The van der Waals surface area contributed by atoms with Crippen LogP contribution in [0.2, 0.25) is 0 Å². The Morgan fingerprint density at radius 3 is 2.47 bits per heavy atom. The van der Waals surface area contributed by atoms with E-state index < -0.39 is 0 Å². The fourth-order valence-electron chi connectivity index (χ4n) is 1.84. The quantitative estimate of drug-likeness (QED) is 0.826. The molecule has 2 aromatic rings. The smallest absolute Gasteiger partial charge is 0.253 e. The second-order valence-corrected chi connectivity index (χ2v) is 4.51. The second kappa shape index (κ2) is 5.52. The van der Waals surface area contributed by atoms with Gasteiger partial charge in [0, 0.05) is 17.9 Å². The van der Waals surface area contributed by atoms with E-state index in [-0.39, 0.29) is 5.91 Å². The number of carbonyl (C=O) groups is 1. The maximum Gasteiger partial charge on any atom is 0.253 e. The monoisotopic (exact) mass is 255 g/mol. The number of nitrogens with two attached hydrogens (primary N) is 1. The van der Waals surface area contributed by atoms with Gasteiger partial charge in [-0.3, -0.25) is 9.78 Å². The second-order valence-electron chi connectivity index (χ2n) is 4.51. The summed E-state index contributed by atoms with van der Waals surface area (Å²) in [7, 11) is 0. The third kappa shape index (κ3) is 3.31. The van der Waals surface area contributed by atoms with Crippen LogP contribution in [0.5, 0.6) is 0 Å². The zero-order valence-corrected chi connectivity index (χ0v) is 11.1. The van der Waals surface area contributed by atoms with Gasteiger partial charge >= 0.3 is 0 Å². The summed E-state index contributed by atoms with van der Waals surface area (Å²) in [5.41, 5.74) is 9.61. The molecule has 0 unspecified atom stereocenters. The highest BCUT2D eigenvalue weighted by Gasteiger charge is 2.09. The number of nitrogens with one attached hydrogen (secondary N) is 1. The fourth-order valence-corrected chi connectivity index (χ4v) is 1.84. The van der Waals surface area contributed by atoms with E-state index in [1.165, 1.54) is 0 Å². The van der Waals surface area contributed by atoms with E-state index in [0.29, 0.717) is 17.8 Å². The van der Waals surface area contributed by atoms with Crippen molar-refractivity contribution in [2.45, 2.75) is 20.4 Å².